The van der Waals surface area contributed by atoms with Gasteiger partial charge in [-0.2, -0.15) is 0 Å². The van der Waals surface area contributed by atoms with Gasteiger partial charge in [-0.05, 0) is 30.3 Å². The molecule has 2 aromatic rings. The number of carbonyl (C=O) groups excluding carboxylic acids is 1. The number of hydrogen-bond donors (Lipinski definition) is 2. The lowest BCUT2D eigenvalue weighted by Gasteiger charge is -2.05. The van der Waals surface area contributed by atoms with Gasteiger partial charge in [0.2, 0.25) is 0 Å². The highest BCUT2D eigenvalue weighted by Gasteiger charge is 2.08. The Labute approximate surface area is 115 Å². The summed E-state index contributed by atoms with van der Waals surface area (Å²) in [5.41, 5.74) is 0.518. The molecule has 1 amide bonds. The third kappa shape index (κ3) is 3.61. The van der Waals surface area contributed by atoms with Gasteiger partial charge in [-0.1, -0.05) is 12.1 Å². The van der Waals surface area contributed by atoms with E-state index < -0.39 is 11.7 Å². The van der Waals surface area contributed by atoms with Crippen LogP contribution in [0.1, 0.15) is 10.5 Å². The van der Waals surface area contributed by atoms with Crippen LogP contribution in [0.25, 0.3) is 0 Å². The van der Waals surface area contributed by atoms with Gasteiger partial charge in [-0.25, -0.2) is 4.39 Å². The maximum absolute atomic E-state index is 13.0. The summed E-state index contributed by atoms with van der Waals surface area (Å²) >= 11 is 0. The molecule has 1 aromatic carbocycles. The molecule has 0 aliphatic heterocycles. The van der Waals surface area contributed by atoms with Crippen molar-refractivity contribution in [2.75, 3.05) is 17.2 Å². The number of nitrogens with zero attached hydrogens (tertiary/aromatic N) is 2. The molecular weight excluding hydrogens is 259 g/mol. The zero-order valence-corrected chi connectivity index (χ0v) is 10.6. The standard InChI is InChI=1S/C14H13FN4O/c1-2-8-16-13-7-6-12(18-19-13)14(20)17-11-5-3-4-10(15)9-11/h2-7,9H,1,8H2,(H,16,19)(H,17,20). The molecule has 0 fully saturated rings. The van der Waals surface area contributed by atoms with Crippen LogP contribution in [-0.2, 0) is 0 Å². The van der Waals surface area contributed by atoms with Crippen LogP contribution in [0.5, 0.6) is 0 Å². The molecule has 0 radical (unpaired) electrons. The molecule has 0 bridgehead atoms. The van der Waals surface area contributed by atoms with E-state index in [9.17, 15) is 9.18 Å². The van der Waals surface area contributed by atoms with Crippen LogP contribution >= 0.6 is 0 Å². The molecular formula is C14H13FN4O. The summed E-state index contributed by atoms with van der Waals surface area (Å²) < 4.78 is 13.0. The Morgan fingerprint density at radius 3 is 2.80 bits per heavy atom. The van der Waals surface area contributed by atoms with E-state index in [-0.39, 0.29) is 5.69 Å². The van der Waals surface area contributed by atoms with Crippen molar-refractivity contribution in [1.29, 1.82) is 0 Å². The highest BCUT2D eigenvalue weighted by molar-refractivity contribution is 6.02. The van der Waals surface area contributed by atoms with Crippen LogP contribution in [-0.4, -0.2) is 22.6 Å². The zero-order chi connectivity index (χ0) is 14.4. The number of rotatable bonds is 5. The fourth-order valence-corrected chi connectivity index (χ4v) is 1.49. The molecule has 1 heterocycles. The smallest absolute Gasteiger partial charge is 0.276 e. The molecule has 5 nitrogen and oxygen atoms in total. The highest BCUT2D eigenvalue weighted by Crippen LogP contribution is 2.10. The van der Waals surface area contributed by atoms with Gasteiger partial charge in [-0.15, -0.1) is 16.8 Å². The third-order valence-electron chi connectivity index (χ3n) is 2.41. The van der Waals surface area contributed by atoms with Gasteiger partial charge >= 0.3 is 0 Å². The number of halogens is 1. The van der Waals surface area contributed by atoms with Crippen molar-refractivity contribution >= 4 is 17.4 Å². The number of aromatic nitrogens is 2. The molecule has 0 saturated heterocycles. The first-order valence-corrected chi connectivity index (χ1v) is 5.94. The molecule has 0 unspecified atom stereocenters. The van der Waals surface area contributed by atoms with Gasteiger partial charge in [0.1, 0.15) is 11.6 Å². The minimum Gasteiger partial charge on any atom is -0.365 e. The summed E-state index contributed by atoms with van der Waals surface area (Å²) in [4.78, 5) is 11.9. The second-order valence-electron chi connectivity index (χ2n) is 3.94. The fraction of sp³-hybridized carbons (Fsp3) is 0.0714. The van der Waals surface area contributed by atoms with Crippen molar-refractivity contribution in [3.05, 3.63) is 60.6 Å². The van der Waals surface area contributed by atoms with E-state index in [1.165, 1.54) is 24.3 Å². The molecule has 0 atom stereocenters. The first-order chi connectivity index (χ1) is 9.69. The Bertz CT molecular complexity index is 613. The molecule has 0 spiro atoms. The number of anilines is 2. The second kappa shape index (κ2) is 6.42. The zero-order valence-electron chi connectivity index (χ0n) is 10.6. The molecule has 6 heteroatoms. The van der Waals surface area contributed by atoms with Crippen molar-refractivity contribution in [1.82, 2.24) is 10.2 Å². The van der Waals surface area contributed by atoms with Gasteiger partial charge in [0.15, 0.2) is 5.69 Å². The van der Waals surface area contributed by atoms with E-state index in [0.29, 0.717) is 18.1 Å². The average molecular weight is 272 g/mol. The lowest BCUT2D eigenvalue weighted by atomic mass is 10.3. The largest absolute Gasteiger partial charge is 0.365 e. The van der Waals surface area contributed by atoms with Gasteiger partial charge in [0.25, 0.3) is 5.91 Å². The Kier molecular flexibility index (Phi) is 4.39. The number of carbonyl (C=O) groups is 1. The van der Waals surface area contributed by atoms with Crippen LogP contribution in [0.15, 0.2) is 49.1 Å². The second-order valence-corrected chi connectivity index (χ2v) is 3.94. The number of nitrogens with one attached hydrogen (secondary N) is 2. The number of benzene rings is 1. The third-order valence-corrected chi connectivity index (χ3v) is 2.41. The molecule has 0 aliphatic rings. The Hall–Kier alpha value is -2.76. The van der Waals surface area contributed by atoms with Crippen molar-refractivity contribution in [3.8, 4) is 0 Å². The van der Waals surface area contributed by atoms with Gasteiger partial charge in [-0.3, -0.25) is 4.79 Å². The normalized spacial score (nSPS) is 9.85. The number of hydrogen-bond acceptors (Lipinski definition) is 4. The lowest BCUT2D eigenvalue weighted by Crippen LogP contribution is -2.15. The molecule has 2 rings (SSSR count). The van der Waals surface area contributed by atoms with E-state index >= 15 is 0 Å². The summed E-state index contributed by atoms with van der Waals surface area (Å²) in [5.74, 6) is -0.316. The molecule has 20 heavy (non-hydrogen) atoms. The van der Waals surface area contributed by atoms with Crippen molar-refractivity contribution in [3.63, 3.8) is 0 Å². The van der Waals surface area contributed by atoms with E-state index in [2.05, 4.69) is 27.4 Å². The predicted octanol–water partition coefficient (Wildman–Crippen LogP) is 2.47. The van der Waals surface area contributed by atoms with Gasteiger partial charge < -0.3 is 10.6 Å². The van der Waals surface area contributed by atoms with Crippen LogP contribution in [0.3, 0.4) is 0 Å². The maximum atomic E-state index is 13.0. The summed E-state index contributed by atoms with van der Waals surface area (Å²) in [7, 11) is 0. The van der Waals surface area contributed by atoms with Gasteiger partial charge in [0.05, 0.1) is 0 Å². The average Bonchev–Trinajstić information content (AvgIpc) is 2.45. The van der Waals surface area contributed by atoms with Crippen LogP contribution in [0.2, 0.25) is 0 Å². The summed E-state index contributed by atoms with van der Waals surface area (Å²) in [6.45, 7) is 4.13. The quantitative estimate of drug-likeness (QED) is 0.820. The predicted molar refractivity (Wildman–Crippen MR) is 75.1 cm³/mol. The topological polar surface area (TPSA) is 66.9 Å². The minimum atomic E-state index is -0.446. The Morgan fingerprint density at radius 2 is 2.15 bits per heavy atom. The van der Waals surface area contributed by atoms with E-state index in [1.807, 2.05) is 0 Å². The highest BCUT2D eigenvalue weighted by atomic mass is 19.1. The molecule has 102 valence electrons. The van der Waals surface area contributed by atoms with E-state index in [1.54, 1.807) is 18.2 Å². The van der Waals surface area contributed by atoms with Crippen molar-refractivity contribution < 1.29 is 9.18 Å². The van der Waals surface area contributed by atoms with E-state index in [4.69, 9.17) is 0 Å². The molecule has 2 N–H and O–H groups in total. The van der Waals surface area contributed by atoms with Crippen molar-refractivity contribution in [2.24, 2.45) is 0 Å². The van der Waals surface area contributed by atoms with Crippen molar-refractivity contribution in [2.45, 2.75) is 0 Å². The van der Waals surface area contributed by atoms with Crippen LogP contribution in [0.4, 0.5) is 15.9 Å². The summed E-state index contributed by atoms with van der Waals surface area (Å²) in [6.07, 6.45) is 1.69. The first kappa shape index (κ1) is 13.7. The fourth-order valence-electron chi connectivity index (χ4n) is 1.49. The first-order valence-electron chi connectivity index (χ1n) is 5.94. The molecule has 0 saturated carbocycles. The monoisotopic (exact) mass is 272 g/mol. The maximum Gasteiger partial charge on any atom is 0.276 e. The molecule has 1 aromatic heterocycles. The van der Waals surface area contributed by atoms with E-state index in [0.717, 1.165) is 0 Å². The minimum absolute atomic E-state index is 0.151. The van der Waals surface area contributed by atoms with Gasteiger partial charge in [0, 0.05) is 12.2 Å². The SMILES string of the molecule is C=CCNc1ccc(C(=O)Nc2cccc(F)c2)nn1. The Morgan fingerprint density at radius 1 is 1.30 bits per heavy atom. The lowest BCUT2D eigenvalue weighted by molar-refractivity contribution is 0.102. The summed E-state index contributed by atoms with van der Waals surface area (Å²) in [6, 6.07) is 8.80. The van der Waals surface area contributed by atoms with Crippen LogP contribution in [0, 0.1) is 5.82 Å². The summed E-state index contributed by atoms with van der Waals surface area (Å²) in [5, 5.41) is 13.1. The number of amides is 1. The van der Waals surface area contributed by atoms with Crippen LogP contribution < -0.4 is 10.6 Å². The Balaban J connectivity index is 2.03. The molecule has 0 aliphatic carbocycles.